The zero-order valence-electron chi connectivity index (χ0n) is 13.0. The van der Waals surface area contributed by atoms with Gasteiger partial charge in [-0.05, 0) is 35.6 Å². The highest BCUT2D eigenvalue weighted by atomic mass is 16.5. The molecular weight excluding hydrogens is 264 g/mol. The van der Waals surface area contributed by atoms with Gasteiger partial charge in [-0.3, -0.25) is 0 Å². The molecule has 2 N–H and O–H groups in total. The van der Waals surface area contributed by atoms with E-state index in [2.05, 4.69) is 37.9 Å². The summed E-state index contributed by atoms with van der Waals surface area (Å²) in [6, 6.07) is 11.5. The summed E-state index contributed by atoms with van der Waals surface area (Å²) in [5.74, 6) is 1.54. The lowest BCUT2D eigenvalue weighted by Gasteiger charge is -2.23. The summed E-state index contributed by atoms with van der Waals surface area (Å²) in [6.45, 7) is 6.64. The second kappa shape index (κ2) is 6.04. The van der Waals surface area contributed by atoms with E-state index >= 15 is 0 Å². The fraction of sp³-hybridized carbons (Fsp3) is 0.353. The SMILES string of the molecule is CCC(C)(C)c1ccc(Oc2nc(OC)ccc2N)cc1. The molecule has 2 aromatic rings. The molecule has 1 aromatic heterocycles. The smallest absolute Gasteiger partial charge is 0.246 e. The molecule has 0 unspecified atom stereocenters. The lowest BCUT2D eigenvalue weighted by molar-refractivity contribution is 0.384. The fourth-order valence-corrected chi connectivity index (χ4v) is 1.92. The van der Waals surface area contributed by atoms with Crippen LogP contribution in [0.3, 0.4) is 0 Å². The number of hydrogen-bond donors (Lipinski definition) is 1. The zero-order valence-corrected chi connectivity index (χ0v) is 13.0. The maximum atomic E-state index is 5.87. The number of rotatable bonds is 5. The molecule has 0 radical (unpaired) electrons. The molecule has 0 atom stereocenters. The molecule has 0 aliphatic heterocycles. The number of nitrogens with zero attached hydrogens (tertiary/aromatic N) is 1. The van der Waals surface area contributed by atoms with Gasteiger partial charge < -0.3 is 15.2 Å². The Morgan fingerprint density at radius 1 is 1.10 bits per heavy atom. The molecule has 2 rings (SSSR count). The number of nitrogens with two attached hydrogens (primary N) is 1. The van der Waals surface area contributed by atoms with Crippen molar-refractivity contribution in [3.8, 4) is 17.5 Å². The van der Waals surface area contributed by atoms with Crippen molar-refractivity contribution in [2.75, 3.05) is 12.8 Å². The van der Waals surface area contributed by atoms with Crippen LogP contribution in [0, 0.1) is 0 Å². The molecular formula is C17H22N2O2. The lowest BCUT2D eigenvalue weighted by atomic mass is 9.82. The van der Waals surface area contributed by atoms with Crippen molar-refractivity contribution >= 4 is 5.69 Å². The molecule has 0 amide bonds. The van der Waals surface area contributed by atoms with Crippen LogP contribution in [-0.4, -0.2) is 12.1 Å². The van der Waals surface area contributed by atoms with Gasteiger partial charge in [-0.15, -0.1) is 0 Å². The molecule has 0 fully saturated rings. The average molecular weight is 286 g/mol. The molecule has 0 bridgehead atoms. The highest BCUT2D eigenvalue weighted by Crippen LogP contribution is 2.31. The molecule has 112 valence electrons. The lowest BCUT2D eigenvalue weighted by Crippen LogP contribution is -2.14. The van der Waals surface area contributed by atoms with Crippen LogP contribution in [-0.2, 0) is 5.41 Å². The first kappa shape index (κ1) is 15.2. The molecule has 0 saturated heterocycles. The summed E-state index contributed by atoms with van der Waals surface area (Å²) < 4.78 is 10.8. The van der Waals surface area contributed by atoms with Crippen LogP contribution in [0.2, 0.25) is 0 Å². The van der Waals surface area contributed by atoms with E-state index in [0.717, 1.165) is 6.42 Å². The number of ether oxygens (including phenoxy) is 2. The summed E-state index contributed by atoms with van der Waals surface area (Å²) in [5, 5.41) is 0. The van der Waals surface area contributed by atoms with E-state index in [1.165, 1.54) is 5.56 Å². The second-order valence-corrected chi connectivity index (χ2v) is 5.61. The van der Waals surface area contributed by atoms with E-state index in [4.69, 9.17) is 15.2 Å². The van der Waals surface area contributed by atoms with Crippen LogP contribution in [0.25, 0.3) is 0 Å². The quantitative estimate of drug-likeness (QED) is 0.897. The van der Waals surface area contributed by atoms with E-state index < -0.39 is 0 Å². The highest BCUT2D eigenvalue weighted by molar-refractivity contribution is 5.51. The van der Waals surface area contributed by atoms with E-state index in [0.29, 0.717) is 23.2 Å². The Morgan fingerprint density at radius 2 is 1.76 bits per heavy atom. The van der Waals surface area contributed by atoms with Crippen molar-refractivity contribution in [3.05, 3.63) is 42.0 Å². The maximum absolute atomic E-state index is 5.87. The summed E-state index contributed by atoms with van der Waals surface area (Å²) in [7, 11) is 1.56. The summed E-state index contributed by atoms with van der Waals surface area (Å²) in [5.41, 5.74) is 7.79. The number of methoxy groups -OCH3 is 1. The Bertz CT molecular complexity index is 607. The Balaban J connectivity index is 2.21. The van der Waals surface area contributed by atoms with Gasteiger partial charge >= 0.3 is 0 Å². The van der Waals surface area contributed by atoms with E-state index in [1.807, 2.05) is 12.1 Å². The molecule has 4 heteroatoms. The standard InChI is InChI=1S/C17H22N2O2/c1-5-17(2,3)12-6-8-13(9-7-12)21-16-14(18)10-11-15(19-16)20-4/h6-11H,5,18H2,1-4H3. The second-order valence-electron chi connectivity index (χ2n) is 5.61. The van der Waals surface area contributed by atoms with Crippen LogP contribution < -0.4 is 15.2 Å². The third-order valence-corrected chi connectivity index (χ3v) is 3.81. The Hall–Kier alpha value is -2.23. The highest BCUT2D eigenvalue weighted by Gasteiger charge is 2.17. The van der Waals surface area contributed by atoms with Crippen LogP contribution >= 0.6 is 0 Å². The third-order valence-electron chi connectivity index (χ3n) is 3.81. The molecule has 1 aromatic carbocycles. The van der Waals surface area contributed by atoms with Gasteiger partial charge in [0.15, 0.2) is 0 Å². The molecule has 1 heterocycles. The van der Waals surface area contributed by atoms with Gasteiger partial charge in [0.1, 0.15) is 5.75 Å². The van der Waals surface area contributed by atoms with Crippen molar-refractivity contribution in [1.29, 1.82) is 0 Å². The Morgan fingerprint density at radius 3 is 2.33 bits per heavy atom. The number of benzene rings is 1. The molecule has 0 aliphatic carbocycles. The summed E-state index contributed by atoms with van der Waals surface area (Å²) in [6.07, 6.45) is 1.08. The summed E-state index contributed by atoms with van der Waals surface area (Å²) >= 11 is 0. The van der Waals surface area contributed by atoms with Gasteiger partial charge in [0.2, 0.25) is 11.8 Å². The first-order valence-corrected chi connectivity index (χ1v) is 7.05. The van der Waals surface area contributed by atoms with Gasteiger partial charge in [0, 0.05) is 6.07 Å². The minimum Gasteiger partial charge on any atom is -0.481 e. The maximum Gasteiger partial charge on any atom is 0.246 e. The molecule has 0 aliphatic rings. The fourth-order valence-electron chi connectivity index (χ4n) is 1.92. The van der Waals surface area contributed by atoms with Crippen LogP contribution in [0.5, 0.6) is 17.5 Å². The number of anilines is 1. The van der Waals surface area contributed by atoms with E-state index in [9.17, 15) is 0 Å². The van der Waals surface area contributed by atoms with Gasteiger partial charge in [0.25, 0.3) is 0 Å². The van der Waals surface area contributed by atoms with Gasteiger partial charge in [0.05, 0.1) is 12.8 Å². The van der Waals surface area contributed by atoms with Crippen molar-refractivity contribution in [3.63, 3.8) is 0 Å². The predicted octanol–water partition coefficient (Wildman–Crippen LogP) is 4.15. The minimum atomic E-state index is 0.159. The minimum absolute atomic E-state index is 0.159. The third kappa shape index (κ3) is 3.45. The van der Waals surface area contributed by atoms with E-state index in [-0.39, 0.29) is 5.41 Å². The van der Waals surface area contributed by atoms with E-state index in [1.54, 1.807) is 19.2 Å². The largest absolute Gasteiger partial charge is 0.481 e. The van der Waals surface area contributed by atoms with Crippen LogP contribution in [0.4, 0.5) is 5.69 Å². The predicted molar refractivity (Wildman–Crippen MR) is 85.0 cm³/mol. The number of aromatic nitrogens is 1. The van der Waals surface area contributed by atoms with Gasteiger partial charge in [-0.1, -0.05) is 32.9 Å². The van der Waals surface area contributed by atoms with Gasteiger partial charge in [-0.2, -0.15) is 4.98 Å². The Kier molecular flexibility index (Phi) is 4.36. The Labute approximate surface area is 125 Å². The monoisotopic (exact) mass is 286 g/mol. The topological polar surface area (TPSA) is 57.4 Å². The molecule has 4 nitrogen and oxygen atoms in total. The summed E-state index contributed by atoms with van der Waals surface area (Å²) in [4.78, 5) is 4.20. The number of pyridine rings is 1. The zero-order chi connectivity index (χ0) is 15.5. The van der Waals surface area contributed by atoms with Crippen LogP contribution in [0.1, 0.15) is 32.8 Å². The van der Waals surface area contributed by atoms with Crippen molar-refractivity contribution in [1.82, 2.24) is 4.98 Å². The van der Waals surface area contributed by atoms with Crippen molar-refractivity contribution in [2.45, 2.75) is 32.6 Å². The number of nitrogen functional groups attached to an aromatic ring is 1. The van der Waals surface area contributed by atoms with Crippen molar-refractivity contribution in [2.24, 2.45) is 0 Å². The van der Waals surface area contributed by atoms with Gasteiger partial charge in [-0.25, -0.2) is 0 Å². The molecule has 21 heavy (non-hydrogen) atoms. The normalized spacial score (nSPS) is 11.2. The van der Waals surface area contributed by atoms with Crippen LogP contribution in [0.15, 0.2) is 36.4 Å². The molecule has 0 spiro atoms. The first-order valence-electron chi connectivity index (χ1n) is 7.05. The molecule has 0 saturated carbocycles. The average Bonchev–Trinajstić information content (AvgIpc) is 2.50. The first-order chi connectivity index (χ1) is 9.96. The number of hydrogen-bond acceptors (Lipinski definition) is 4. The van der Waals surface area contributed by atoms with Crippen molar-refractivity contribution < 1.29 is 9.47 Å².